The van der Waals surface area contributed by atoms with Crippen molar-refractivity contribution in [2.45, 2.75) is 10.1 Å². The predicted molar refractivity (Wildman–Crippen MR) is 88.8 cm³/mol. The molecule has 0 unspecified atom stereocenters. The van der Waals surface area contributed by atoms with E-state index >= 15 is 0 Å². The summed E-state index contributed by atoms with van der Waals surface area (Å²) in [5, 5.41) is 1.34. The maximum atomic E-state index is 5.99. The summed E-state index contributed by atoms with van der Waals surface area (Å²) in [5.74, 6) is 0.668. The van der Waals surface area contributed by atoms with Crippen LogP contribution in [-0.4, -0.2) is 15.0 Å². The Morgan fingerprint density at radius 3 is 2.43 bits per heavy atom. The van der Waals surface area contributed by atoms with E-state index in [1.54, 1.807) is 6.20 Å². The second kappa shape index (κ2) is 5.38. The van der Waals surface area contributed by atoms with Gasteiger partial charge >= 0.3 is 0 Å². The summed E-state index contributed by atoms with van der Waals surface area (Å²) >= 11 is 4.74. The van der Waals surface area contributed by atoms with Gasteiger partial charge in [0.05, 0.1) is 5.52 Å². The molecular formula is C13H11BrN6S. The molecule has 0 amide bonds. The number of benzene rings is 1. The van der Waals surface area contributed by atoms with E-state index in [0.29, 0.717) is 22.5 Å². The zero-order valence-corrected chi connectivity index (χ0v) is 13.1. The van der Waals surface area contributed by atoms with E-state index in [-0.39, 0.29) is 0 Å². The van der Waals surface area contributed by atoms with Crippen LogP contribution in [0, 0.1) is 0 Å². The number of hydrogen-bond donors (Lipinski definition) is 3. The summed E-state index contributed by atoms with van der Waals surface area (Å²) in [6.07, 6.45) is 1.72. The fourth-order valence-electron chi connectivity index (χ4n) is 1.88. The van der Waals surface area contributed by atoms with Crippen LogP contribution >= 0.6 is 27.7 Å². The highest BCUT2D eigenvalue weighted by Crippen LogP contribution is 2.34. The van der Waals surface area contributed by atoms with Gasteiger partial charge < -0.3 is 17.2 Å². The highest BCUT2D eigenvalue weighted by Gasteiger charge is 2.10. The molecule has 0 bridgehead atoms. The fourth-order valence-corrected chi connectivity index (χ4v) is 3.10. The molecule has 0 spiro atoms. The minimum absolute atomic E-state index is 0.334. The lowest BCUT2D eigenvalue weighted by Crippen LogP contribution is -1.99. The van der Waals surface area contributed by atoms with E-state index in [9.17, 15) is 0 Å². The highest BCUT2D eigenvalue weighted by molar-refractivity contribution is 9.10. The fraction of sp³-hybridized carbons (Fsp3) is 0. The number of anilines is 3. The van der Waals surface area contributed by atoms with E-state index < -0.39 is 0 Å². The van der Waals surface area contributed by atoms with Crippen molar-refractivity contribution >= 4 is 55.9 Å². The van der Waals surface area contributed by atoms with Crippen LogP contribution in [0.1, 0.15) is 0 Å². The van der Waals surface area contributed by atoms with Crippen LogP contribution in [-0.2, 0) is 0 Å². The van der Waals surface area contributed by atoms with Gasteiger partial charge in [-0.25, -0.2) is 9.97 Å². The molecule has 0 aliphatic heterocycles. The Kier molecular flexibility index (Phi) is 3.56. The van der Waals surface area contributed by atoms with Crippen molar-refractivity contribution < 1.29 is 0 Å². The summed E-state index contributed by atoms with van der Waals surface area (Å²) in [5.41, 5.74) is 18.8. The van der Waals surface area contributed by atoms with Gasteiger partial charge in [0.15, 0.2) is 5.16 Å². The van der Waals surface area contributed by atoms with Gasteiger partial charge in [0.25, 0.3) is 0 Å². The lowest BCUT2D eigenvalue weighted by molar-refractivity contribution is 0.985. The van der Waals surface area contributed by atoms with E-state index in [4.69, 9.17) is 17.2 Å². The first-order chi connectivity index (χ1) is 10.0. The van der Waals surface area contributed by atoms with Crippen molar-refractivity contribution in [2.24, 2.45) is 0 Å². The second-order valence-corrected chi connectivity index (χ2v) is 6.23. The van der Waals surface area contributed by atoms with Gasteiger partial charge in [-0.1, -0.05) is 0 Å². The Labute approximate surface area is 133 Å². The van der Waals surface area contributed by atoms with E-state index in [2.05, 4.69) is 30.9 Å². The Bertz CT molecular complexity index is 818. The first-order valence-electron chi connectivity index (χ1n) is 5.94. The number of pyridine rings is 1. The molecule has 0 saturated carbocycles. The average molecular weight is 363 g/mol. The van der Waals surface area contributed by atoms with Gasteiger partial charge in [-0.2, -0.15) is 0 Å². The zero-order chi connectivity index (χ0) is 15.0. The summed E-state index contributed by atoms with van der Waals surface area (Å²) in [6, 6.07) is 7.15. The molecule has 6 N–H and O–H groups in total. The quantitative estimate of drug-likeness (QED) is 0.473. The van der Waals surface area contributed by atoms with Crippen molar-refractivity contribution in [3.63, 3.8) is 0 Å². The zero-order valence-electron chi connectivity index (χ0n) is 10.7. The smallest absolute Gasteiger partial charge is 0.196 e. The first-order valence-corrected chi connectivity index (χ1v) is 7.55. The normalized spacial score (nSPS) is 10.9. The van der Waals surface area contributed by atoms with Crippen LogP contribution in [0.25, 0.3) is 10.9 Å². The number of fused-ring (bicyclic) bond motifs is 1. The molecule has 0 radical (unpaired) electrons. The number of nitrogens with two attached hydrogens (primary N) is 3. The van der Waals surface area contributed by atoms with E-state index in [1.807, 2.05) is 18.2 Å². The van der Waals surface area contributed by atoms with Crippen molar-refractivity contribution in [2.75, 3.05) is 17.2 Å². The second-order valence-electron chi connectivity index (χ2n) is 4.30. The van der Waals surface area contributed by atoms with Crippen LogP contribution in [0.5, 0.6) is 0 Å². The third kappa shape index (κ3) is 2.86. The van der Waals surface area contributed by atoms with Crippen molar-refractivity contribution in [1.82, 2.24) is 15.0 Å². The molecule has 0 aliphatic rings. The molecule has 2 aromatic heterocycles. The van der Waals surface area contributed by atoms with Crippen molar-refractivity contribution in [1.29, 1.82) is 0 Å². The SMILES string of the molecule is Nc1cc(N)nc(Sc2ccc(N)c3cc(Br)cnc23)n1. The number of halogens is 1. The minimum Gasteiger partial charge on any atom is -0.398 e. The van der Waals surface area contributed by atoms with Gasteiger partial charge in [0, 0.05) is 32.7 Å². The largest absolute Gasteiger partial charge is 0.398 e. The van der Waals surface area contributed by atoms with Gasteiger partial charge in [0.1, 0.15) is 11.6 Å². The maximum absolute atomic E-state index is 5.99. The number of nitrogens with zero attached hydrogens (tertiary/aromatic N) is 3. The van der Waals surface area contributed by atoms with Gasteiger partial charge in [-0.3, -0.25) is 4.98 Å². The summed E-state index contributed by atoms with van der Waals surface area (Å²) in [6.45, 7) is 0. The maximum Gasteiger partial charge on any atom is 0.196 e. The Balaban J connectivity index is 2.10. The van der Waals surface area contributed by atoms with E-state index in [1.165, 1.54) is 17.8 Å². The topological polar surface area (TPSA) is 117 Å². The molecule has 0 aliphatic carbocycles. The lowest BCUT2D eigenvalue weighted by Gasteiger charge is -2.08. The van der Waals surface area contributed by atoms with Crippen LogP contribution in [0.3, 0.4) is 0 Å². The van der Waals surface area contributed by atoms with Crippen LogP contribution in [0.15, 0.2) is 45.0 Å². The summed E-state index contributed by atoms with van der Waals surface area (Å²) < 4.78 is 0.869. The first kappa shape index (κ1) is 13.9. The predicted octanol–water partition coefficient (Wildman–Crippen LogP) is 2.69. The van der Waals surface area contributed by atoms with Gasteiger partial charge in [0.2, 0.25) is 0 Å². The number of hydrogen-bond acceptors (Lipinski definition) is 7. The number of rotatable bonds is 2. The van der Waals surface area contributed by atoms with Crippen LogP contribution < -0.4 is 17.2 Å². The summed E-state index contributed by atoms with van der Waals surface area (Å²) in [7, 11) is 0. The average Bonchev–Trinajstić information content (AvgIpc) is 2.41. The molecule has 106 valence electrons. The van der Waals surface area contributed by atoms with Gasteiger partial charge in [-0.05, 0) is 45.9 Å². The molecular weight excluding hydrogens is 352 g/mol. The number of nitrogen functional groups attached to an aromatic ring is 3. The molecule has 8 heteroatoms. The molecule has 3 aromatic rings. The molecule has 2 heterocycles. The van der Waals surface area contributed by atoms with Crippen LogP contribution in [0.2, 0.25) is 0 Å². The third-order valence-corrected chi connectivity index (χ3v) is 4.11. The molecule has 0 atom stereocenters. The Morgan fingerprint density at radius 2 is 1.71 bits per heavy atom. The van der Waals surface area contributed by atoms with Crippen molar-refractivity contribution in [3.05, 3.63) is 34.9 Å². The molecule has 21 heavy (non-hydrogen) atoms. The lowest BCUT2D eigenvalue weighted by atomic mass is 10.2. The molecule has 1 aromatic carbocycles. The molecule has 0 fully saturated rings. The van der Waals surface area contributed by atoms with Crippen LogP contribution in [0.4, 0.5) is 17.3 Å². The van der Waals surface area contributed by atoms with Crippen molar-refractivity contribution in [3.8, 4) is 0 Å². The third-order valence-electron chi connectivity index (χ3n) is 2.76. The minimum atomic E-state index is 0.334. The Hall–Kier alpha value is -2.06. The number of aromatic nitrogens is 3. The standard InChI is InChI=1S/C13H11BrN6S/c14-6-3-7-8(15)1-2-9(12(7)18-5-6)21-13-19-10(16)4-11(17)20-13/h1-5H,15H2,(H4,16,17,19,20). The highest BCUT2D eigenvalue weighted by atomic mass is 79.9. The van der Waals surface area contributed by atoms with Gasteiger partial charge in [-0.15, -0.1) is 0 Å². The molecule has 0 saturated heterocycles. The molecule has 3 rings (SSSR count). The Morgan fingerprint density at radius 1 is 1.00 bits per heavy atom. The molecule has 6 nitrogen and oxygen atoms in total. The van der Waals surface area contributed by atoms with E-state index in [0.717, 1.165) is 20.3 Å². The summed E-state index contributed by atoms with van der Waals surface area (Å²) in [4.78, 5) is 13.6. The monoisotopic (exact) mass is 362 g/mol.